The Morgan fingerprint density at radius 1 is 1.00 bits per heavy atom. The molecule has 3 amide bonds. The zero-order valence-corrected chi connectivity index (χ0v) is 22.5. The second kappa shape index (κ2) is 12.8. The summed E-state index contributed by atoms with van der Waals surface area (Å²) in [5.74, 6) is -2.24. The predicted octanol–water partition coefficient (Wildman–Crippen LogP) is 5.97. The van der Waals surface area contributed by atoms with Gasteiger partial charge in [0.15, 0.2) is 0 Å². The van der Waals surface area contributed by atoms with Gasteiger partial charge < -0.3 is 20.7 Å². The van der Waals surface area contributed by atoms with E-state index in [0.717, 1.165) is 33.1 Å². The molecule has 0 bridgehead atoms. The van der Waals surface area contributed by atoms with Gasteiger partial charge >= 0.3 is 6.18 Å². The smallest absolute Gasteiger partial charge is 0.402 e. The highest BCUT2D eigenvalue weighted by Gasteiger charge is 2.52. The first kappa shape index (κ1) is 31.1. The maximum Gasteiger partial charge on any atom is 0.402 e. The molecule has 0 atom stereocenters. The summed E-state index contributed by atoms with van der Waals surface area (Å²) >= 11 is 6.17. The Balaban J connectivity index is 1.75. The van der Waals surface area contributed by atoms with Crippen molar-refractivity contribution in [1.82, 2.24) is 10.6 Å². The summed E-state index contributed by atoms with van der Waals surface area (Å²) < 4.78 is 69.9. The molecule has 1 saturated carbocycles. The van der Waals surface area contributed by atoms with Crippen LogP contribution < -0.4 is 20.7 Å². The molecule has 40 heavy (non-hydrogen) atoms. The number of halogens is 6. The number of hydrogen-bond acceptors (Lipinski definition) is 4. The standard InChI is InChI=1S/C27H29ClF5N3O4/c1-26(2,27(31,32)33)25(39)35-13-16-6-8-20(28)18(10-16)24(38)36-17-7-9-21(40-14-22(29)30)19(11-17)23(37)34-12-15-4-3-5-15/h6-11,15,22H,3-5,12-14H2,1-2H3,(H,34,37)(H,35,39)(H,36,38). The lowest BCUT2D eigenvalue weighted by Crippen LogP contribution is -2.46. The number of benzene rings is 2. The average Bonchev–Trinajstić information content (AvgIpc) is 2.85. The fourth-order valence-electron chi connectivity index (χ4n) is 3.68. The van der Waals surface area contributed by atoms with Gasteiger partial charge in [0.05, 0.1) is 16.1 Å². The molecule has 0 radical (unpaired) electrons. The second-order valence-corrected chi connectivity index (χ2v) is 10.4. The number of amides is 3. The van der Waals surface area contributed by atoms with Crippen LogP contribution in [0, 0.1) is 11.3 Å². The molecule has 0 aliphatic heterocycles. The minimum atomic E-state index is -4.75. The van der Waals surface area contributed by atoms with Crippen LogP contribution in [-0.4, -0.2) is 43.5 Å². The molecule has 0 heterocycles. The van der Waals surface area contributed by atoms with E-state index in [0.29, 0.717) is 18.0 Å². The summed E-state index contributed by atoms with van der Waals surface area (Å²) in [7, 11) is 0. The second-order valence-electron chi connectivity index (χ2n) is 9.99. The highest BCUT2D eigenvalue weighted by Crippen LogP contribution is 2.37. The van der Waals surface area contributed by atoms with Crippen LogP contribution in [0.1, 0.15) is 59.4 Å². The molecule has 0 unspecified atom stereocenters. The highest BCUT2D eigenvalue weighted by atomic mass is 35.5. The first-order valence-electron chi connectivity index (χ1n) is 12.5. The lowest BCUT2D eigenvalue weighted by atomic mass is 9.85. The maximum atomic E-state index is 13.1. The van der Waals surface area contributed by atoms with Gasteiger partial charge in [-0.15, -0.1) is 0 Å². The van der Waals surface area contributed by atoms with Crippen LogP contribution in [0.15, 0.2) is 36.4 Å². The van der Waals surface area contributed by atoms with Gasteiger partial charge in [-0.2, -0.15) is 13.2 Å². The summed E-state index contributed by atoms with van der Waals surface area (Å²) in [5.41, 5.74) is -2.25. The van der Waals surface area contributed by atoms with Gasteiger partial charge in [0.25, 0.3) is 18.2 Å². The third kappa shape index (κ3) is 7.83. The number of carbonyl (C=O) groups excluding carboxylic acids is 3. The zero-order chi connectivity index (χ0) is 29.7. The molecule has 218 valence electrons. The molecule has 1 aliphatic rings. The summed E-state index contributed by atoms with van der Waals surface area (Å²) in [6.07, 6.45) is -4.48. The van der Waals surface area contributed by atoms with Gasteiger partial charge in [-0.1, -0.05) is 24.1 Å². The SMILES string of the molecule is CC(C)(C(=O)NCc1ccc(Cl)c(C(=O)Nc2ccc(OCC(F)F)c(C(=O)NCC3CCC3)c2)c1)C(F)(F)F. The molecular formula is C27H29ClF5N3O4. The number of alkyl halides is 5. The Morgan fingerprint density at radius 2 is 1.70 bits per heavy atom. The summed E-state index contributed by atoms with van der Waals surface area (Å²) in [6.45, 7) is 0.720. The molecule has 2 aromatic rings. The fraction of sp³-hybridized carbons (Fsp3) is 0.444. The van der Waals surface area contributed by atoms with Gasteiger partial charge in [0.1, 0.15) is 17.8 Å². The van der Waals surface area contributed by atoms with Crippen LogP contribution in [0.3, 0.4) is 0 Å². The van der Waals surface area contributed by atoms with Gasteiger partial charge in [0.2, 0.25) is 5.91 Å². The number of hydrogen-bond donors (Lipinski definition) is 3. The summed E-state index contributed by atoms with van der Waals surface area (Å²) in [5, 5.41) is 7.56. The Bertz CT molecular complexity index is 1250. The molecule has 0 aromatic heterocycles. The number of nitrogens with one attached hydrogen (secondary N) is 3. The van der Waals surface area contributed by atoms with E-state index in [1.807, 2.05) is 0 Å². The van der Waals surface area contributed by atoms with Crippen molar-refractivity contribution in [3.05, 3.63) is 58.1 Å². The number of rotatable bonds is 11. The first-order valence-corrected chi connectivity index (χ1v) is 12.8. The molecule has 3 N–H and O–H groups in total. The van der Waals surface area contributed by atoms with Crippen LogP contribution in [0.5, 0.6) is 5.75 Å². The van der Waals surface area contributed by atoms with E-state index < -0.39 is 42.3 Å². The molecule has 7 nitrogen and oxygen atoms in total. The van der Waals surface area contributed by atoms with E-state index in [1.54, 1.807) is 0 Å². The molecule has 3 rings (SSSR count). The Kier molecular flexibility index (Phi) is 9.99. The van der Waals surface area contributed by atoms with Crippen LogP contribution in [0.25, 0.3) is 0 Å². The molecule has 1 aliphatic carbocycles. The number of ether oxygens (including phenoxy) is 1. The quantitative estimate of drug-likeness (QED) is 0.281. The molecular weight excluding hydrogens is 561 g/mol. The average molecular weight is 590 g/mol. The van der Waals surface area contributed by atoms with Crippen molar-refractivity contribution in [2.75, 3.05) is 18.5 Å². The molecule has 0 saturated heterocycles. The molecule has 0 spiro atoms. The lowest BCUT2D eigenvalue weighted by Gasteiger charge is -2.26. The summed E-state index contributed by atoms with van der Waals surface area (Å²) in [4.78, 5) is 37.9. The highest BCUT2D eigenvalue weighted by molar-refractivity contribution is 6.34. The van der Waals surface area contributed by atoms with Crippen molar-refractivity contribution in [1.29, 1.82) is 0 Å². The van der Waals surface area contributed by atoms with E-state index in [4.69, 9.17) is 16.3 Å². The largest absolute Gasteiger partial charge is 0.487 e. The van der Waals surface area contributed by atoms with Crippen LogP contribution in [0.2, 0.25) is 5.02 Å². The minimum Gasteiger partial charge on any atom is -0.487 e. The zero-order valence-electron chi connectivity index (χ0n) is 21.8. The van der Waals surface area contributed by atoms with Crippen molar-refractivity contribution in [3.8, 4) is 5.75 Å². The van der Waals surface area contributed by atoms with Crippen molar-refractivity contribution in [2.24, 2.45) is 11.3 Å². The van der Waals surface area contributed by atoms with E-state index in [2.05, 4.69) is 16.0 Å². The van der Waals surface area contributed by atoms with E-state index in [9.17, 15) is 36.3 Å². The number of carbonyl (C=O) groups is 3. The maximum absolute atomic E-state index is 13.1. The fourth-order valence-corrected chi connectivity index (χ4v) is 3.88. The lowest BCUT2D eigenvalue weighted by molar-refractivity contribution is -0.211. The number of anilines is 1. The summed E-state index contributed by atoms with van der Waals surface area (Å²) in [6, 6.07) is 8.04. The van der Waals surface area contributed by atoms with Crippen LogP contribution >= 0.6 is 11.6 Å². The Labute approximate surface area is 232 Å². The normalized spacial score (nSPS) is 13.9. The van der Waals surface area contributed by atoms with Gasteiger partial charge in [0, 0.05) is 18.8 Å². The van der Waals surface area contributed by atoms with Gasteiger partial charge in [-0.05, 0) is 68.5 Å². The van der Waals surface area contributed by atoms with E-state index in [-0.39, 0.29) is 34.1 Å². The third-order valence-corrected chi connectivity index (χ3v) is 6.96. The Hall–Kier alpha value is -3.41. The van der Waals surface area contributed by atoms with Crippen LogP contribution in [-0.2, 0) is 11.3 Å². The van der Waals surface area contributed by atoms with Crippen LogP contribution in [0.4, 0.5) is 27.6 Å². The molecule has 2 aromatic carbocycles. The van der Waals surface area contributed by atoms with Gasteiger partial charge in [-0.3, -0.25) is 14.4 Å². The third-order valence-electron chi connectivity index (χ3n) is 6.63. The Morgan fingerprint density at radius 3 is 2.30 bits per heavy atom. The van der Waals surface area contributed by atoms with E-state index in [1.165, 1.54) is 36.4 Å². The topological polar surface area (TPSA) is 96.5 Å². The first-order chi connectivity index (χ1) is 18.7. The van der Waals surface area contributed by atoms with Crippen molar-refractivity contribution < 1.29 is 41.1 Å². The monoisotopic (exact) mass is 589 g/mol. The van der Waals surface area contributed by atoms with E-state index >= 15 is 0 Å². The molecule has 1 fully saturated rings. The van der Waals surface area contributed by atoms with Crippen molar-refractivity contribution >= 4 is 35.0 Å². The minimum absolute atomic E-state index is 0.0264. The van der Waals surface area contributed by atoms with Crippen molar-refractivity contribution in [3.63, 3.8) is 0 Å². The molecule has 13 heteroatoms. The van der Waals surface area contributed by atoms with Gasteiger partial charge in [-0.25, -0.2) is 8.78 Å². The predicted molar refractivity (Wildman–Crippen MR) is 139 cm³/mol. The van der Waals surface area contributed by atoms with Crippen molar-refractivity contribution in [2.45, 2.75) is 52.3 Å².